The molecule has 0 aliphatic carbocycles. The lowest BCUT2D eigenvalue weighted by molar-refractivity contribution is -0.137. The summed E-state index contributed by atoms with van der Waals surface area (Å²) in [5, 5.41) is 13.7. The van der Waals surface area contributed by atoms with Crippen LogP contribution in [0.1, 0.15) is 29.7 Å². The Morgan fingerprint density at radius 2 is 1.76 bits per heavy atom. The number of nitrogens with zero attached hydrogens (tertiary/aromatic N) is 4. The maximum atomic E-state index is 13.3. The fourth-order valence-electron chi connectivity index (χ4n) is 4.51. The number of benzene rings is 2. The van der Waals surface area contributed by atoms with Crippen LogP contribution in [0.15, 0.2) is 65.2 Å². The zero-order chi connectivity index (χ0) is 24.2. The highest BCUT2D eigenvalue weighted by Crippen LogP contribution is 2.37. The van der Waals surface area contributed by atoms with Crippen LogP contribution in [0, 0.1) is 11.3 Å². The maximum absolute atomic E-state index is 13.3. The van der Waals surface area contributed by atoms with Gasteiger partial charge in [-0.05, 0) is 31.5 Å². The van der Waals surface area contributed by atoms with E-state index in [1.54, 1.807) is 12.1 Å². The first-order valence-corrected chi connectivity index (χ1v) is 11.3. The highest BCUT2D eigenvalue weighted by molar-refractivity contribution is 5.64. The summed E-state index contributed by atoms with van der Waals surface area (Å²) >= 11 is 0. The van der Waals surface area contributed by atoms with Gasteiger partial charge in [-0.15, -0.1) is 0 Å². The van der Waals surface area contributed by atoms with E-state index >= 15 is 0 Å². The van der Waals surface area contributed by atoms with E-state index in [2.05, 4.69) is 21.0 Å². The molecule has 1 aromatic heterocycles. The zero-order valence-electron chi connectivity index (χ0n) is 19.1. The number of likely N-dealkylation sites (N-methyl/N-ethyl adjacent to an activating group) is 1. The molecule has 2 aromatic carbocycles. The summed E-state index contributed by atoms with van der Waals surface area (Å²) in [4.78, 5) is 4.41. The number of halogens is 3. The lowest BCUT2D eigenvalue weighted by Crippen LogP contribution is -2.44. The normalized spacial score (nSPS) is 16.5. The van der Waals surface area contributed by atoms with Gasteiger partial charge in [0.2, 0.25) is 0 Å². The van der Waals surface area contributed by atoms with Crippen LogP contribution in [0.5, 0.6) is 0 Å². The van der Waals surface area contributed by atoms with Gasteiger partial charge in [-0.25, -0.2) is 0 Å². The Morgan fingerprint density at radius 3 is 2.44 bits per heavy atom. The molecular weight excluding hydrogens is 441 g/mol. The monoisotopic (exact) mass is 468 g/mol. The van der Waals surface area contributed by atoms with Crippen LogP contribution >= 0.6 is 0 Å². The molecule has 0 atom stereocenters. The van der Waals surface area contributed by atoms with Gasteiger partial charge in [0, 0.05) is 37.8 Å². The van der Waals surface area contributed by atoms with Crippen molar-refractivity contribution in [3.63, 3.8) is 0 Å². The molecule has 34 heavy (non-hydrogen) atoms. The molecule has 1 saturated heterocycles. The minimum absolute atomic E-state index is 0.0142. The molecule has 0 spiro atoms. The fraction of sp³-hybridized carbons (Fsp3) is 0.385. The molecule has 0 N–H and O–H groups in total. The summed E-state index contributed by atoms with van der Waals surface area (Å²) in [5.74, 6) is 0.515. The van der Waals surface area contributed by atoms with Crippen LogP contribution in [0.2, 0.25) is 0 Å². The van der Waals surface area contributed by atoms with E-state index in [1.165, 1.54) is 12.1 Å². The maximum Gasteiger partial charge on any atom is 0.417 e. The van der Waals surface area contributed by atoms with Crippen molar-refractivity contribution in [1.29, 1.82) is 5.26 Å². The molecule has 0 saturated carbocycles. The SMILES string of the molecule is CN(CCN1CCC(C#N)(c2ccccc2)CC1)Cc1cc(-c2ccccc2C(F)(F)F)no1. The predicted molar refractivity (Wildman–Crippen MR) is 123 cm³/mol. The third-order valence-corrected chi connectivity index (χ3v) is 6.54. The first kappa shape index (κ1) is 24.0. The average molecular weight is 469 g/mol. The number of likely N-dealkylation sites (tertiary alicyclic amines) is 1. The molecule has 1 aliphatic heterocycles. The van der Waals surface area contributed by atoms with Crippen molar-refractivity contribution in [2.45, 2.75) is 31.0 Å². The minimum atomic E-state index is -4.45. The van der Waals surface area contributed by atoms with Gasteiger partial charge in [-0.3, -0.25) is 4.90 Å². The molecular formula is C26H27F3N4O. The van der Waals surface area contributed by atoms with Gasteiger partial charge in [0.05, 0.1) is 23.6 Å². The van der Waals surface area contributed by atoms with E-state index in [0.717, 1.165) is 50.7 Å². The van der Waals surface area contributed by atoms with Crippen molar-refractivity contribution in [3.05, 3.63) is 77.6 Å². The highest BCUT2D eigenvalue weighted by Gasteiger charge is 2.36. The number of piperidine rings is 1. The van der Waals surface area contributed by atoms with Crippen molar-refractivity contribution < 1.29 is 17.7 Å². The Morgan fingerprint density at radius 1 is 1.09 bits per heavy atom. The van der Waals surface area contributed by atoms with Gasteiger partial charge in [0.25, 0.3) is 0 Å². The van der Waals surface area contributed by atoms with E-state index in [1.807, 2.05) is 37.4 Å². The summed E-state index contributed by atoms with van der Waals surface area (Å²) in [6, 6.07) is 19.5. The smallest absolute Gasteiger partial charge is 0.359 e. The molecule has 0 bridgehead atoms. The van der Waals surface area contributed by atoms with Crippen LogP contribution in [-0.2, 0) is 18.1 Å². The summed E-state index contributed by atoms with van der Waals surface area (Å²) < 4.78 is 45.3. The molecule has 178 valence electrons. The third kappa shape index (κ3) is 5.32. The minimum Gasteiger partial charge on any atom is -0.359 e. The number of rotatable bonds is 7. The number of hydrogen-bond acceptors (Lipinski definition) is 5. The van der Waals surface area contributed by atoms with Gasteiger partial charge in [0.1, 0.15) is 5.69 Å². The Balaban J connectivity index is 1.30. The van der Waals surface area contributed by atoms with Gasteiger partial charge < -0.3 is 9.42 Å². The second-order valence-corrected chi connectivity index (χ2v) is 8.86. The van der Waals surface area contributed by atoms with Crippen LogP contribution in [-0.4, -0.2) is 48.2 Å². The molecule has 1 fully saturated rings. The molecule has 8 heteroatoms. The van der Waals surface area contributed by atoms with E-state index in [-0.39, 0.29) is 11.3 Å². The highest BCUT2D eigenvalue weighted by atomic mass is 19.4. The van der Waals surface area contributed by atoms with Gasteiger partial charge in [-0.1, -0.05) is 53.7 Å². The van der Waals surface area contributed by atoms with Crippen LogP contribution in [0.25, 0.3) is 11.3 Å². The molecule has 1 aliphatic rings. The summed E-state index contributed by atoms with van der Waals surface area (Å²) in [6.45, 7) is 3.74. The Kier molecular flexibility index (Phi) is 7.05. The quantitative estimate of drug-likeness (QED) is 0.468. The van der Waals surface area contributed by atoms with Crippen molar-refractivity contribution in [1.82, 2.24) is 15.0 Å². The molecule has 3 aromatic rings. The van der Waals surface area contributed by atoms with Crippen LogP contribution in [0.4, 0.5) is 13.2 Å². The standard InChI is InChI=1S/C26H27F3N4O/c1-32(15-16-33-13-11-25(19-30,12-14-33)20-7-3-2-4-8-20)18-21-17-24(31-34-21)22-9-5-6-10-23(22)26(27,28)29/h2-10,17H,11-16,18H2,1H3. The fourth-order valence-corrected chi connectivity index (χ4v) is 4.51. The number of nitriles is 1. The van der Waals surface area contributed by atoms with Crippen molar-refractivity contribution in [2.75, 3.05) is 33.2 Å². The second-order valence-electron chi connectivity index (χ2n) is 8.86. The zero-order valence-corrected chi connectivity index (χ0v) is 19.1. The summed E-state index contributed by atoms with van der Waals surface area (Å²) in [6.07, 6.45) is -2.87. The number of aromatic nitrogens is 1. The topological polar surface area (TPSA) is 56.3 Å². The van der Waals surface area contributed by atoms with E-state index < -0.39 is 17.2 Å². The molecule has 5 nitrogen and oxygen atoms in total. The van der Waals surface area contributed by atoms with Crippen molar-refractivity contribution >= 4 is 0 Å². The van der Waals surface area contributed by atoms with E-state index in [0.29, 0.717) is 12.3 Å². The largest absolute Gasteiger partial charge is 0.417 e. The lowest BCUT2D eigenvalue weighted by Gasteiger charge is -2.38. The first-order chi connectivity index (χ1) is 16.3. The Bertz CT molecular complexity index is 1130. The Hall–Kier alpha value is -3.15. The Labute approximate surface area is 197 Å². The predicted octanol–water partition coefficient (Wildman–Crippen LogP) is 5.35. The molecule has 0 amide bonds. The molecule has 2 heterocycles. The van der Waals surface area contributed by atoms with E-state index in [9.17, 15) is 18.4 Å². The van der Waals surface area contributed by atoms with Crippen LogP contribution in [0.3, 0.4) is 0 Å². The molecule has 0 unspecified atom stereocenters. The lowest BCUT2D eigenvalue weighted by atomic mass is 9.74. The third-order valence-electron chi connectivity index (χ3n) is 6.54. The summed E-state index contributed by atoms with van der Waals surface area (Å²) in [5.41, 5.74) is 0.133. The molecule has 0 radical (unpaired) electrons. The van der Waals surface area contributed by atoms with Gasteiger partial charge in [-0.2, -0.15) is 18.4 Å². The number of hydrogen-bond donors (Lipinski definition) is 0. The van der Waals surface area contributed by atoms with Crippen molar-refractivity contribution in [2.24, 2.45) is 0 Å². The number of alkyl halides is 3. The van der Waals surface area contributed by atoms with Gasteiger partial charge in [0.15, 0.2) is 5.76 Å². The molecule has 4 rings (SSSR count). The van der Waals surface area contributed by atoms with E-state index in [4.69, 9.17) is 4.52 Å². The van der Waals surface area contributed by atoms with Gasteiger partial charge >= 0.3 is 6.18 Å². The average Bonchev–Trinajstić information content (AvgIpc) is 3.31. The summed E-state index contributed by atoms with van der Waals surface area (Å²) in [7, 11) is 1.94. The van der Waals surface area contributed by atoms with Crippen molar-refractivity contribution in [3.8, 4) is 17.3 Å². The van der Waals surface area contributed by atoms with Crippen LogP contribution < -0.4 is 0 Å². The first-order valence-electron chi connectivity index (χ1n) is 11.3. The second kappa shape index (κ2) is 10.00.